The Bertz CT molecular complexity index is 467. The van der Waals surface area contributed by atoms with E-state index in [0.29, 0.717) is 17.2 Å². The van der Waals surface area contributed by atoms with Crippen LogP contribution in [0, 0.1) is 5.41 Å². The molecule has 0 unspecified atom stereocenters. The molecule has 104 valence electrons. The van der Waals surface area contributed by atoms with Crippen molar-refractivity contribution in [3.05, 3.63) is 29.3 Å². The minimum atomic E-state index is -0.567. The van der Waals surface area contributed by atoms with Gasteiger partial charge in [0.05, 0.1) is 24.7 Å². The molecule has 0 radical (unpaired) electrons. The molecule has 0 atom stereocenters. The monoisotopic (exact) mass is 262 g/mol. The van der Waals surface area contributed by atoms with Crippen LogP contribution in [0.15, 0.2) is 18.2 Å². The van der Waals surface area contributed by atoms with Gasteiger partial charge in [-0.1, -0.05) is 26.3 Å². The van der Waals surface area contributed by atoms with Crippen molar-refractivity contribution in [2.24, 2.45) is 5.41 Å². The summed E-state index contributed by atoms with van der Waals surface area (Å²) in [6.45, 7) is 4.13. The maximum absolute atomic E-state index is 12.7. The standard InChI is InChI=1S/C16H22O3/c1-11(2)12-5-6-14(19-3)13(9-12)15(18)16(10-17)7-4-8-16/h5-6,9,11,17H,4,7-8,10H2,1-3H3. The molecule has 1 saturated carbocycles. The van der Waals surface area contributed by atoms with Gasteiger partial charge in [0.2, 0.25) is 0 Å². The zero-order chi connectivity index (χ0) is 14.0. The van der Waals surface area contributed by atoms with Crippen LogP contribution in [0.4, 0.5) is 0 Å². The molecule has 1 N–H and O–H groups in total. The van der Waals surface area contributed by atoms with E-state index in [1.807, 2.05) is 18.2 Å². The van der Waals surface area contributed by atoms with Crippen molar-refractivity contribution in [2.75, 3.05) is 13.7 Å². The van der Waals surface area contributed by atoms with Gasteiger partial charge in [-0.3, -0.25) is 4.79 Å². The molecule has 2 rings (SSSR count). The summed E-state index contributed by atoms with van der Waals surface area (Å²) >= 11 is 0. The summed E-state index contributed by atoms with van der Waals surface area (Å²) in [6, 6.07) is 5.76. The van der Waals surface area contributed by atoms with Crippen LogP contribution >= 0.6 is 0 Å². The van der Waals surface area contributed by atoms with Crippen LogP contribution in [0.5, 0.6) is 5.75 Å². The van der Waals surface area contributed by atoms with Gasteiger partial charge in [0.25, 0.3) is 0 Å². The summed E-state index contributed by atoms with van der Waals surface area (Å²) < 4.78 is 5.31. The average Bonchev–Trinajstić information content (AvgIpc) is 2.37. The zero-order valence-corrected chi connectivity index (χ0v) is 11.9. The summed E-state index contributed by atoms with van der Waals surface area (Å²) in [4.78, 5) is 12.7. The van der Waals surface area contributed by atoms with Crippen molar-refractivity contribution in [2.45, 2.75) is 39.0 Å². The normalized spacial score (nSPS) is 17.1. The van der Waals surface area contributed by atoms with Crippen molar-refractivity contribution in [1.29, 1.82) is 0 Å². The van der Waals surface area contributed by atoms with E-state index in [1.165, 1.54) is 0 Å². The van der Waals surface area contributed by atoms with Crippen LogP contribution in [0.3, 0.4) is 0 Å². The first-order valence-corrected chi connectivity index (χ1v) is 6.87. The molecule has 19 heavy (non-hydrogen) atoms. The Balaban J connectivity index is 2.41. The van der Waals surface area contributed by atoms with Crippen molar-refractivity contribution in [3.63, 3.8) is 0 Å². The highest BCUT2D eigenvalue weighted by atomic mass is 16.5. The number of benzene rings is 1. The summed E-state index contributed by atoms with van der Waals surface area (Å²) in [6.07, 6.45) is 2.56. The smallest absolute Gasteiger partial charge is 0.175 e. The van der Waals surface area contributed by atoms with Crippen molar-refractivity contribution in [3.8, 4) is 5.75 Å². The Morgan fingerprint density at radius 1 is 1.42 bits per heavy atom. The SMILES string of the molecule is COc1ccc(C(C)C)cc1C(=O)C1(CO)CCC1. The topological polar surface area (TPSA) is 46.5 Å². The van der Waals surface area contributed by atoms with E-state index in [-0.39, 0.29) is 12.4 Å². The van der Waals surface area contributed by atoms with E-state index in [9.17, 15) is 9.90 Å². The molecule has 0 aromatic heterocycles. The van der Waals surface area contributed by atoms with Gasteiger partial charge in [-0.25, -0.2) is 0 Å². The summed E-state index contributed by atoms with van der Waals surface area (Å²) in [5.41, 5.74) is 1.17. The number of carbonyl (C=O) groups excluding carboxylic acids is 1. The van der Waals surface area contributed by atoms with Crippen LogP contribution < -0.4 is 4.74 Å². The Labute approximate surface area is 114 Å². The number of rotatable bonds is 5. The van der Waals surface area contributed by atoms with Gasteiger partial charge in [0.15, 0.2) is 5.78 Å². The molecule has 3 nitrogen and oxygen atoms in total. The van der Waals surface area contributed by atoms with E-state index in [0.717, 1.165) is 24.8 Å². The molecular weight excluding hydrogens is 240 g/mol. The molecule has 1 aliphatic rings. The zero-order valence-electron chi connectivity index (χ0n) is 11.9. The second-order valence-electron chi connectivity index (χ2n) is 5.74. The fraction of sp³-hybridized carbons (Fsp3) is 0.562. The van der Waals surface area contributed by atoms with Crippen LogP contribution in [0.2, 0.25) is 0 Å². The molecule has 1 aromatic carbocycles. The van der Waals surface area contributed by atoms with Gasteiger partial charge < -0.3 is 9.84 Å². The van der Waals surface area contributed by atoms with Crippen LogP contribution in [-0.4, -0.2) is 24.6 Å². The van der Waals surface area contributed by atoms with E-state index in [1.54, 1.807) is 7.11 Å². The van der Waals surface area contributed by atoms with Gasteiger partial charge in [-0.15, -0.1) is 0 Å². The Morgan fingerprint density at radius 3 is 2.53 bits per heavy atom. The fourth-order valence-electron chi connectivity index (χ4n) is 2.61. The molecule has 0 amide bonds. The lowest BCUT2D eigenvalue weighted by atomic mass is 9.65. The number of hydrogen-bond donors (Lipinski definition) is 1. The molecule has 0 aliphatic heterocycles. The number of Topliss-reactive ketones (excluding diaryl/α,β-unsaturated/α-hetero) is 1. The highest BCUT2D eigenvalue weighted by Gasteiger charge is 2.44. The van der Waals surface area contributed by atoms with Gasteiger partial charge >= 0.3 is 0 Å². The summed E-state index contributed by atoms with van der Waals surface area (Å²) in [5, 5.41) is 9.55. The second-order valence-corrected chi connectivity index (χ2v) is 5.74. The maximum Gasteiger partial charge on any atom is 0.175 e. The molecular formula is C16H22O3. The minimum absolute atomic E-state index is 0.0283. The van der Waals surface area contributed by atoms with Gasteiger partial charge in [-0.2, -0.15) is 0 Å². The number of aliphatic hydroxyl groups excluding tert-OH is 1. The first-order chi connectivity index (χ1) is 9.04. The first kappa shape index (κ1) is 14.1. The lowest BCUT2D eigenvalue weighted by Crippen LogP contribution is -2.41. The molecule has 0 saturated heterocycles. The number of carbonyl (C=O) groups is 1. The van der Waals surface area contributed by atoms with E-state index in [2.05, 4.69) is 13.8 Å². The summed E-state index contributed by atoms with van der Waals surface area (Å²) in [7, 11) is 1.58. The fourth-order valence-corrected chi connectivity index (χ4v) is 2.61. The molecule has 1 fully saturated rings. The maximum atomic E-state index is 12.7. The third-order valence-electron chi connectivity index (χ3n) is 4.23. The minimum Gasteiger partial charge on any atom is -0.496 e. The number of ether oxygens (including phenoxy) is 1. The molecule has 0 spiro atoms. The lowest BCUT2D eigenvalue weighted by molar-refractivity contribution is 0.0345. The number of methoxy groups -OCH3 is 1. The first-order valence-electron chi connectivity index (χ1n) is 6.87. The molecule has 0 bridgehead atoms. The van der Waals surface area contributed by atoms with E-state index < -0.39 is 5.41 Å². The Hall–Kier alpha value is -1.35. The second kappa shape index (κ2) is 5.33. The van der Waals surface area contributed by atoms with Gasteiger partial charge in [0, 0.05) is 0 Å². The number of hydrogen-bond acceptors (Lipinski definition) is 3. The number of ketones is 1. The molecule has 1 aromatic rings. The highest BCUT2D eigenvalue weighted by molar-refractivity contribution is 6.03. The number of aliphatic hydroxyl groups is 1. The van der Waals surface area contributed by atoms with Crippen molar-refractivity contribution < 1.29 is 14.6 Å². The Morgan fingerprint density at radius 2 is 2.11 bits per heavy atom. The van der Waals surface area contributed by atoms with Crippen LogP contribution in [0.25, 0.3) is 0 Å². The van der Waals surface area contributed by atoms with Crippen molar-refractivity contribution in [1.82, 2.24) is 0 Å². The molecule has 3 heteroatoms. The predicted octanol–water partition coefficient (Wildman–Crippen LogP) is 3.16. The van der Waals surface area contributed by atoms with Gasteiger partial charge in [0.1, 0.15) is 5.75 Å². The largest absolute Gasteiger partial charge is 0.496 e. The van der Waals surface area contributed by atoms with E-state index in [4.69, 9.17) is 4.74 Å². The van der Waals surface area contributed by atoms with Crippen molar-refractivity contribution >= 4 is 5.78 Å². The third kappa shape index (κ3) is 2.39. The Kier molecular flexibility index (Phi) is 3.95. The van der Waals surface area contributed by atoms with Crippen LogP contribution in [-0.2, 0) is 0 Å². The summed E-state index contributed by atoms with van der Waals surface area (Å²) in [5.74, 6) is 0.999. The molecule has 0 heterocycles. The predicted molar refractivity (Wildman–Crippen MR) is 74.8 cm³/mol. The lowest BCUT2D eigenvalue weighted by Gasteiger charge is -2.39. The van der Waals surface area contributed by atoms with Crippen LogP contribution in [0.1, 0.15) is 54.9 Å². The van der Waals surface area contributed by atoms with E-state index >= 15 is 0 Å². The third-order valence-corrected chi connectivity index (χ3v) is 4.23. The van der Waals surface area contributed by atoms with Gasteiger partial charge in [-0.05, 0) is 36.5 Å². The molecule has 1 aliphatic carbocycles. The quantitative estimate of drug-likeness (QED) is 0.829. The average molecular weight is 262 g/mol. The highest BCUT2D eigenvalue weighted by Crippen LogP contribution is 2.44.